The van der Waals surface area contributed by atoms with Gasteiger partial charge in [0.15, 0.2) is 0 Å². The Kier molecular flexibility index (Phi) is 3.94. The molecule has 1 aromatic rings. The van der Waals surface area contributed by atoms with Gasteiger partial charge in [-0.3, -0.25) is 0 Å². The fraction of sp³-hybridized carbons (Fsp3) is 0.692. The number of aromatic nitrogens is 2. The van der Waals surface area contributed by atoms with Crippen LogP contribution in [0.4, 0.5) is 5.82 Å². The van der Waals surface area contributed by atoms with Crippen LogP contribution in [0, 0.1) is 0 Å². The van der Waals surface area contributed by atoms with Gasteiger partial charge in [-0.05, 0) is 32.1 Å². The lowest BCUT2D eigenvalue weighted by Gasteiger charge is -2.34. The highest BCUT2D eigenvalue weighted by atomic mass is 15.2. The van der Waals surface area contributed by atoms with Crippen LogP contribution in [0.15, 0.2) is 12.4 Å². The third kappa shape index (κ3) is 2.94. The van der Waals surface area contributed by atoms with Crippen LogP contribution < -0.4 is 10.6 Å². The maximum absolute atomic E-state index is 5.94. The van der Waals surface area contributed by atoms with Crippen molar-refractivity contribution in [3.63, 3.8) is 0 Å². The minimum Gasteiger partial charge on any atom is -0.357 e. The molecule has 17 heavy (non-hydrogen) atoms. The molecule has 1 fully saturated rings. The lowest BCUT2D eigenvalue weighted by Crippen LogP contribution is -2.39. The summed E-state index contributed by atoms with van der Waals surface area (Å²) in [5, 5.41) is 0. The van der Waals surface area contributed by atoms with Crippen molar-refractivity contribution in [2.24, 2.45) is 5.73 Å². The first-order chi connectivity index (χ1) is 8.20. The van der Waals surface area contributed by atoms with E-state index in [9.17, 15) is 0 Å². The van der Waals surface area contributed by atoms with E-state index in [1.54, 1.807) is 6.33 Å². The van der Waals surface area contributed by atoms with E-state index in [-0.39, 0.29) is 0 Å². The summed E-state index contributed by atoms with van der Waals surface area (Å²) in [6.45, 7) is 2.12. The van der Waals surface area contributed by atoms with Gasteiger partial charge in [-0.2, -0.15) is 0 Å². The van der Waals surface area contributed by atoms with Crippen molar-refractivity contribution in [1.82, 2.24) is 9.97 Å². The van der Waals surface area contributed by atoms with Crippen molar-refractivity contribution in [3.05, 3.63) is 18.1 Å². The van der Waals surface area contributed by atoms with Gasteiger partial charge in [-0.25, -0.2) is 9.97 Å². The number of nitrogens with zero attached hydrogens (tertiary/aromatic N) is 3. The predicted octanol–water partition coefficient (Wildman–Crippen LogP) is 1.75. The fourth-order valence-electron chi connectivity index (χ4n) is 2.45. The molecule has 4 nitrogen and oxygen atoms in total. The maximum Gasteiger partial charge on any atom is 0.132 e. The Morgan fingerprint density at radius 3 is 2.65 bits per heavy atom. The molecule has 1 aromatic heterocycles. The van der Waals surface area contributed by atoms with Crippen LogP contribution >= 0.6 is 0 Å². The Morgan fingerprint density at radius 2 is 2.00 bits per heavy atom. The van der Waals surface area contributed by atoms with Crippen LogP contribution in [0.5, 0.6) is 0 Å². The summed E-state index contributed by atoms with van der Waals surface area (Å²) in [6, 6.07) is 3.07. The minimum absolute atomic E-state index is 0.399. The summed E-state index contributed by atoms with van der Waals surface area (Å²) < 4.78 is 0. The molecule has 94 valence electrons. The summed E-state index contributed by atoms with van der Waals surface area (Å²) in [4.78, 5) is 10.9. The van der Waals surface area contributed by atoms with Crippen LogP contribution in [0.1, 0.15) is 38.3 Å². The maximum atomic E-state index is 5.94. The van der Waals surface area contributed by atoms with Gasteiger partial charge < -0.3 is 10.6 Å². The van der Waals surface area contributed by atoms with Gasteiger partial charge in [0.1, 0.15) is 12.1 Å². The molecule has 1 heterocycles. The molecule has 0 spiro atoms. The zero-order valence-corrected chi connectivity index (χ0v) is 10.8. The first-order valence-corrected chi connectivity index (χ1v) is 6.50. The quantitative estimate of drug-likeness (QED) is 0.865. The van der Waals surface area contributed by atoms with Crippen molar-refractivity contribution < 1.29 is 0 Å². The van der Waals surface area contributed by atoms with Crippen LogP contribution in [0.3, 0.4) is 0 Å². The van der Waals surface area contributed by atoms with Crippen molar-refractivity contribution in [2.75, 3.05) is 11.9 Å². The molecule has 1 aliphatic carbocycles. The van der Waals surface area contributed by atoms with Crippen molar-refractivity contribution in [2.45, 2.75) is 51.1 Å². The van der Waals surface area contributed by atoms with E-state index < -0.39 is 0 Å². The highest BCUT2D eigenvalue weighted by molar-refractivity contribution is 5.39. The number of aryl methyl sites for hydroxylation is 1. The number of hydrogen-bond acceptors (Lipinski definition) is 4. The zero-order valence-electron chi connectivity index (χ0n) is 10.8. The van der Waals surface area contributed by atoms with Gasteiger partial charge in [-0.1, -0.05) is 6.92 Å². The fourth-order valence-corrected chi connectivity index (χ4v) is 2.45. The summed E-state index contributed by atoms with van der Waals surface area (Å²) in [6.07, 6.45) is 7.21. The number of anilines is 1. The Labute approximate surface area is 103 Å². The highest BCUT2D eigenvalue weighted by Crippen LogP contribution is 2.24. The summed E-state index contributed by atoms with van der Waals surface area (Å²) in [5.41, 5.74) is 7.04. The van der Waals surface area contributed by atoms with Crippen molar-refractivity contribution in [1.29, 1.82) is 0 Å². The summed E-state index contributed by atoms with van der Waals surface area (Å²) in [7, 11) is 2.13. The molecule has 0 unspecified atom stereocenters. The first-order valence-electron chi connectivity index (χ1n) is 6.50. The second-order valence-electron chi connectivity index (χ2n) is 4.90. The molecule has 0 saturated heterocycles. The van der Waals surface area contributed by atoms with Crippen molar-refractivity contribution in [3.8, 4) is 0 Å². The molecule has 4 heteroatoms. The van der Waals surface area contributed by atoms with Gasteiger partial charge in [0, 0.05) is 30.9 Å². The molecule has 2 N–H and O–H groups in total. The Bertz CT molecular complexity index is 358. The normalized spacial score (nSPS) is 24.6. The van der Waals surface area contributed by atoms with E-state index in [1.165, 1.54) is 12.8 Å². The summed E-state index contributed by atoms with van der Waals surface area (Å²) >= 11 is 0. The van der Waals surface area contributed by atoms with E-state index in [1.807, 2.05) is 0 Å². The highest BCUT2D eigenvalue weighted by Gasteiger charge is 2.22. The lowest BCUT2D eigenvalue weighted by molar-refractivity contribution is 0.383. The molecule has 1 saturated carbocycles. The molecule has 1 aliphatic rings. The molecule has 0 atom stereocenters. The van der Waals surface area contributed by atoms with E-state index >= 15 is 0 Å². The first kappa shape index (κ1) is 12.3. The van der Waals surface area contributed by atoms with Crippen molar-refractivity contribution >= 4 is 5.82 Å². The summed E-state index contributed by atoms with van der Waals surface area (Å²) in [5.74, 6) is 1.04. The molecule has 0 aromatic carbocycles. The van der Waals surface area contributed by atoms with E-state index in [0.717, 1.165) is 30.8 Å². The van der Waals surface area contributed by atoms with E-state index in [2.05, 4.69) is 34.9 Å². The molecular formula is C13H22N4. The van der Waals surface area contributed by atoms with Crippen LogP contribution in [0.2, 0.25) is 0 Å². The Balaban J connectivity index is 2.05. The van der Waals surface area contributed by atoms with Crippen LogP contribution in [-0.2, 0) is 6.42 Å². The number of hydrogen-bond donors (Lipinski definition) is 1. The van der Waals surface area contributed by atoms with Crippen LogP contribution in [0.25, 0.3) is 0 Å². The molecule has 2 rings (SSSR count). The zero-order chi connectivity index (χ0) is 12.3. The standard InChI is InChI=1S/C13H22N4/c1-3-11-8-13(16-9-15-11)17(2)12-6-4-10(14)5-7-12/h8-10,12H,3-7,14H2,1-2H3. The largest absolute Gasteiger partial charge is 0.357 e. The van der Waals surface area contributed by atoms with Gasteiger partial charge in [0.2, 0.25) is 0 Å². The number of nitrogens with two attached hydrogens (primary N) is 1. The minimum atomic E-state index is 0.399. The SMILES string of the molecule is CCc1cc(N(C)C2CCC(N)CC2)ncn1. The topological polar surface area (TPSA) is 55.0 Å². The molecule has 0 aliphatic heterocycles. The van der Waals surface area contributed by atoms with Gasteiger partial charge in [0.25, 0.3) is 0 Å². The average Bonchev–Trinajstić information content (AvgIpc) is 2.39. The van der Waals surface area contributed by atoms with E-state index in [4.69, 9.17) is 5.73 Å². The second kappa shape index (κ2) is 5.45. The monoisotopic (exact) mass is 234 g/mol. The lowest BCUT2D eigenvalue weighted by atomic mass is 9.91. The third-order valence-electron chi connectivity index (χ3n) is 3.72. The Hall–Kier alpha value is -1.16. The van der Waals surface area contributed by atoms with Crippen LogP contribution in [-0.4, -0.2) is 29.1 Å². The molecule has 0 amide bonds. The Morgan fingerprint density at radius 1 is 1.29 bits per heavy atom. The predicted molar refractivity (Wildman–Crippen MR) is 70.0 cm³/mol. The molecule has 0 bridgehead atoms. The average molecular weight is 234 g/mol. The molecular weight excluding hydrogens is 212 g/mol. The number of rotatable bonds is 3. The van der Waals surface area contributed by atoms with Gasteiger partial charge in [0.05, 0.1) is 0 Å². The van der Waals surface area contributed by atoms with Gasteiger partial charge in [-0.15, -0.1) is 0 Å². The third-order valence-corrected chi connectivity index (χ3v) is 3.72. The van der Waals surface area contributed by atoms with Gasteiger partial charge >= 0.3 is 0 Å². The van der Waals surface area contributed by atoms with E-state index in [0.29, 0.717) is 12.1 Å². The second-order valence-corrected chi connectivity index (χ2v) is 4.90. The molecule has 0 radical (unpaired) electrons. The smallest absolute Gasteiger partial charge is 0.132 e.